The Balaban J connectivity index is 2.99. The zero-order valence-electron chi connectivity index (χ0n) is 6.92. The fourth-order valence-electron chi connectivity index (χ4n) is 0.795. The van der Waals surface area contributed by atoms with E-state index >= 15 is 0 Å². The van der Waals surface area contributed by atoms with Crippen LogP contribution in [0.5, 0.6) is 5.88 Å². The monoisotopic (exact) mass is 183 g/mol. The molecule has 1 aromatic heterocycles. The normalized spacial score (nSPS) is 9.08. The average molecular weight is 183 g/mol. The topological polar surface area (TPSA) is 57.9 Å². The first-order valence-corrected chi connectivity index (χ1v) is 4.28. The van der Waals surface area contributed by atoms with Crippen LogP contribution in [0.25, 0.3) is 0 Å². The van der Waals surface area contributed by atoms with Crippen LogP contribution in [0.4, 0.5) is 5.00 Å². The van der Waals surface area contributed by atoms with Crippen LogP contribution >= 0.6 is 11.5 Å². The van der Waals surface area contributed by atoms with Gasteiger partial charge in [-0.2, -0.15) is 9.64 Å². The predicted molar refractivity (Wildman–Crippen MR) is 47.5 cm³/mol. The first-order chi connectivity index (χ1) is 5.83. The van der Waals surface area contributed by atoms with E-state index in [-0.39, 0.29) is 0 Å². The Hall–Kier alpha value is -1.28. The second-order valence-electron chi connectivity index (χ2n) is 2.04. The number of rotatable bonds is 3. The lowest BCUT2D eigenvalue weighted by atomic mass is 10.3. The molecule has 0 saturated heterocycles. The quantitative estimate of drug-likeness (QED) is 0.770. The summed E-state index contributed by atoms with van der Waals surface area (Å²) in [5.74, 6) is 0.401. The van der Waals surface area contributed by atoms with E-state index in [9.17, 15) is 0 Å². The van der Waals surface area contributed by atoms with Crippen molar-refractivity contribution in [2.45, 2.75) is 6.92 Å². The highest BCUT2D eigenvalue weighted by molar-refractivity contribution is 7.10. The first-order valence-electron chi connectivity index (χ1n) is 3.51. The van der Waals surface area contributed by atoms with Crippen molar-refractivity contribution in [1.82, 2.24) is 4.37 Å². The number of anilines is 1. The van der Waals surface area contributed by atoms with E-state index in [1.54, 1.807) is 0 Å². The van der Waals surface area contributed by atoms with Crippen LogP contribution in [0.1, 0.15) is 12.5 Å². The van der Waals surface area contributed by atoms with Crippen LogP contribution in [0, 0.1) is 11.3 Å². The van der Waals surface area contributed by atoms with Crippen LogP contribution in [-0.2, 0) is 0 Å². The van der Waals surface area contributed by atoms with E-state index in [1.807, 2.05) is 13.0 Å². The Labute approximate surface area is 74.9 Å². The summed E-state index contributed by atoms with van der Waals surface area (Å²) in [6.45, 7) is 2.74. The highest BCUT2D eigenvalue weighted by atomic mass is 32.1. The van der Waals surface area contributed by atoms with Gasteiger partial charge in [0, 0.05) is 6.54 Å². The molecule has 0 aromatic carbocycles. The molecule has 4 nitrogen and oxygen atoms in total. The molecule has 1 heterocycles. The van der Waals surface area contributed by atoms with E-state index in [2.05, 4.69) is 9.69 Å². The third-order valence-electron chi connectivity index (χ3n) is 1.30. The number of nitriles is 1. The summed E-state index contributed by atoms with van der Waals surface area (Å²) in [6.07, 6.45) is 0. The number of methoxy groups -OCH3 is 1. The SMILES string of the molecule is CCNc1snc(OC)c1C#N. The van der Waals surface area contributed by atoms with Crippen LogP contribution in [-0.4, -0.2) is 18.0 Å². The van der Waals surface area contributed by atoms with Gasteiger partial charge in [-0.05, 0) is 18.5 Å². The molecular weight excluding hydrogens is 174 g/mol. The smallest absolute Gasteiger partial charge is 0.245 e. The Morgan fingerprint density at radius 3 is 3.00 bits per heavy atom. The number of hydrogen-bond donors (Lipinski definition) is 1. The standard InChI is InChI=1S/C7H9N3OS/c1-3-9-7-5(4-8)6(11-2)10-12-7/h9H,3H2,1-2H3. The van der Waals surface area contributed by atoms with Gasteiger partial charge in [-0.15, -0.1) is 0 Å². The largest absolute Gasteiger partial charge is 0.479 e. The Morgan fingerprint density at radius 2 is 2.50 bits per heavy atom. The molecule has 0 bridgehead atoms. The van der Waals surface area contributed by atoms with Crippen molar-refractivity contribution in [1.29, 1.82) is 5.26 Å². The van der Waals surface area contributed by atoms with Crippen molar-refractivity contribution in [3.05, 3.63) is 5.56 Å². The summed E-state index contributed by atoms with van der Waals surface area (Å²) < 4.78 is 8.86. The molecular formula is C7H9N3OS. The second-order valence-corrected chi connectivity index (χ2v) is 2.81. The van der Waals surface area contributed by atoms with Crippen molar-refractivity contribution >= 4 is 16.5 Å². The molecule has 5 heteroatoms. The van der Waals surface area contributed by atoms with E-state index < -0.39 is 0 Å². The van der Waals surface area contributed by atoms with Crippen molar-refractivity contribution in [2.75, 3.05) is 19.0 Å². The van der Waals surface area contributed by atoms with E-state index in [1.165, 1.54) is 18.6 Å². The average Bonchev–Trinajstić information content (AvgIpc) is 2.47. The predicted octanol–water partition coefficient (Wildman–Crippen LogP) is 1.46. The molecule has 0 aliphatic rings. The molecule has 0 atom stereocenters. The van der Waals surface area contributed by atoms with Crippen LogP contribution in [0.3, 0.4) is 0 Å². The minimum Gasteiger partial charge on any atom is -0.479 e. The van der Waals surface area contributed by atoms with Gasteiger partial charge < -0.3 is 10.1 Å². The molecule has 0 amide bonds. The number of nitrogens with zero attached hydrogens (tertiary/aromatic N) is 2. The first kappa shape index (κ1) is 8.81. The fourth-order valence-corrected chi connectivity index (χ4v) is 1.57. The molecule has 0 fully saturated rings. The van der Waals surface area contributed by atoms with Crippen LogP contribution < -0.4 is 10.1 Å². The van der Waals surface area contributed by atoms with E-state index in [0.29, 0.717) is 11.4 Å². The molecule has 1 rings (SSSR count). The van der Waals surface area contributed by atoms with Crippen molar-refractivity contribution < 1.29 is 4.74 Å². The Morgan fingerprint density at radius 1 is 1.75 bits per heavy atom. The zero-order chi connectivity index (χ0) is 8.97. The maximum Gasteiger partial charge on any atom is 0.245 e. The van der Waals surface area contributed by atoms with Gasteiger partial charge in [0.2, 0.25) is 5.88 Å². The van der Waals surface area contributed by atoms with Gasteiger partial charge in [0.25, 0.3) is 0 Å². The lowest BCUT2D eigenvalue weighted by molar-refractivity contribution is 0.401. The van der Waals surface area contributed by atoms with E-state index in [0.717, 1.165) is 11.5 Å². The molecule has 0 unspecified atom stereocenters. The molecule has 0 aliphatic heterocycles. The molecule has 0 aliphatic carbocycles. The maximum absolute atomic E-state index is 8.74. The molecule has 64 valence electrons. The van der Waals surface area contributed by atoms with Crippen LogP contribution in [0.15, 0.2) is 0 Å². The van der Waals surface area contributed by atoms with Gasteiger partial charge in [-0.3, -0.25) is 0 Å². The Kier molecular flexibility index (Phi) is 2.88. The Bertz CT molecular complexity index is 302. The summed E-state index contributed by atoms with van der Waals surface area (Å²) in [7, 11) is 1.51. The zero-order valence-corrected chi connectivity index (χ0v) is 7.73. The van der Waals surface area contributed by atoms with E-state index in [4.69, 9.17) is 10.00 Å². The second kappa shape index (κ2) is 3.93. The summed E-state index contributed by atoms with van der Waals surface area (Å²) in [4.78, 5) is 0. The fraction of sp³-hybridized carbons (Fsp3) is 0.429. The minimum absolute atomic E-state index is 0.401. The lowest BCUT2D eigenvalue weighted by Crippen LogP contribution is -1.95. The van der Waals surface area contributed by atoms with Crippen molar-refractivity contribution in [3.8, 4) is 11.9 Å². The number of hydrogen-bond acceptors (Lipinski definition) is 5. The van der Waals surface area contributed by atoms with Gasteiger partial charge in [-0.25, -0.2) is 0 Å². The lowest BCUT2D eigenvalue weighted by Gasteiger charge is -1.97. The molecule has 12 heavy (non-hydrogen) atoms. The molecule has 1 N–H and O–H groups in total. The third-order valence-corrected chi connectivity index (χ3v) is 2.09. The maximum atomic E-state index is 8.74. The number of aromatic nitrogens is 1. The summed E-state index contributed by atoms with van der Waals surface area (Å²) in [5.41, 5.74) is 0.490. The summed E-state index contributed by atoms with van der Waals surface area (Å²) >= 11 is 1.24. The molecule has 0 spiro atoms. The number of ether oxygens (including phenoxy) is 1. The molecule has 0 radical (unpaired) electrons. The molecule has 1 aromatic rings. The number of nitrogens with one attached hydrogen (secondary N) is 1. The van der Waals surface area contributed by atoms with Crippen molar-refractivity contribution in [2.24, 2.45) is 0 Å². The summed E-state index contributed by atoms with van der Waals surface area (Å²) in [6, 6.07) is 2.04. The van der Waals surface area contributed by atoms with Gasteiger partial charge in [0.15, 0.2) is 0 Å². The summed E-state index contributed by atoms with van der Waals surface area (Å²) in [5, 5.41) is 12.6. The van der Waals surface area contributed by atoms with Crippen LogP contribution in [0.2, 0.25) is 0 Å². The van der Waals surface area contributed by atoms with Gasteiger partial charge in [0.05, 0.1) is 7.11 Å². The highest BCUT2D eigenvalue weighted by Gasteiger charge is 2.12. The van der Waals surface area contributed by atoms with Gasteiger partial charge in [-0.1, -0.05) is 0 Å². The minimum atomic E-state index is 0.401. The van der Waals surface area contributed by atoms with Gasteiger partial charge in [0.1, 0.15) is 16.6 Å². The highest BCUT2D eigenvalue weighted by Crippen LogP contribution is 2.28. The molecule has 0 saturated carbocycles. The third kappa shape index (κ3) is 1.48. The van der Waals surface area contributed by atoms with Gasteiger partial charge >= 0.3 is 0 Å². The van der Waals surface area contributed by atoms with Crippen molar-refractivity contribution in [3.63, 3.8) is 0 Å².